The summed E-state index contributed by atoms with van der Waals surface area (Å²) in [7, 11) is 1.58. The van der Waals surface area contributed by atoms with E-state index >= 15 is 0 Å². The highest BCUT2D eigenvalue weighted by Gasteiger charge is 2.13. The minimum Gasteiger partial charge on any atom is -0.467 e. The minimum atomic E-state index is 0.414. The molecule has 2 heterocycles. The fourth-order valence-corrected chi connectivity index (χ4v) is 1.96. The van der Waals surface area contributed by atoms with E-state index in [1.54, 1.807) is 7.11 Å². The molecule has 1 N–H and O–H groups in total. The zero-order chi connectivity index (χ0) is 12.1. The number of anilines is 1. The van der Waals surface area contributed by atoms with Crippen LogP contribution < -0.4 is 10.1 Å². The lowest BCUT2D eigenvalue weighted by Crippen LogP contribution is -2.20. The Morgan fingerprint density at radius 1 is 1.35 bits per heavy atom. The van der Waals surface area contributed by atoms with E-state index in [1.807, 2.05) is 13.0 Å². The number of aryl methyl sites for hydroxylation is 1. The van der Waals surface area contributed by atoms with Crippen LogP contribution in [0.1, 0.15) is 25.0 Å². The van der Waals surface area contributed by atoms with Crippen molar-refractivity contribution in [3.05, 3.63) is 11.8 Å². The summed E-state index contributed by atoms with van der Waals surface area (Å²) in [5, 5.41) is 3.43. The lowest BCUT2D eigenvalue weighted by Gasteiger charge is -2.16. The average molecular weight is 237 g/mol. The van der Waals surface area contributed by atoms with Crippen LogP contribution in [0.4, 0.5) is 5.82 Å². The molecule has 94 valence electrons. The molecule has 1 fully saturated rings. The molecule has 0 amide bonds. The summed E-state index contributed by atoms with van der Waals surface area (Å²) >= 11 is 0. The van der Waals surface area contributed by atoms with Gasteiger partial charge in [-0.25, -0.2) is 4.98 Å². The van der Waals surface area contributed by atoms with Gasteiger partial charge in [-0.15, -0.1) is 0 Å². The van der Waals surface area contributed by atoms with E-state index in [1.165, 1.54) is 0 Å². The highest BCUT2D eigenvalue weighted by molar-refractivity contribution is 5.38. The molecule has 5 nitrogen and oxygen atoms in total. The van der Waals surface area contributed by atoms with Crippen LogP contribution in [0.5, 0.6) is 6.01 Å². The lowest BCUT2D eigenvalue weighted by molar-refractivity contribution is 0.144. The topological polar surface area (TPSA) is 56.3 Å². The minimum absolute atomic E-state index is 0.414. The highest BCUT2D eigenvalue weighted by Crippen LogP contribution is 2.16. The number of nitrogens with one attached hydrogen (secondary N) is 1. The van der Waals surface area contributed by atoms with Crippen LogP contribution in [0.25, 0.3) is 0 Å². The van der Waals surface area contributed by atoms with E-state index < -0.39 is 0 Å². The Hall–Kier alpha value is -1.36. The fourth-order valence-electron chi connectivity index (χ4n) is 1.96. The molecule has 5 heteroatoms. The molecule has 0 bridgehead atoms. The molecule has 2 rings (SSSR count). The van der Waals surface area contributed by atoms with Crippen LogP contribution in [0.3, 0.4) is 0 Å². The van der Waals surface area contributed by atoms with Crippen LogP contribution in [0.2, 0.25) is 0 Å². The molecule has 1 aliphatic rings. The van der Waals surface area contributed by atoms with Gasteiger partial charge in [0.1, 0.15) is 5.82 Å². The third-order valence-corrected chi connectivity index (χ3v) is 2.82. The van der Waals surface area contributed by atoms with Gasteiger partial charge in [-0.2, -0.15) is 4.98 Å². The van der Waals surface area contributed by atoms with Crippen molar-refractivity contribution in [1.82, 2.24) is 9.97 Å². The van der Waals surface area contributed by atoms with E-state index in [2.05, 4.69) is 15.3 Å². The number of hydrogen-bond acceptors (Lipinski definition) is 5. The molecule has 17 heavy (non-hydrogen) atoms. The number of aromatic nitrogens is 2. The molecule has 1 unspecified atom stereocenters. The Morgan fingerprint density at radius 3 is 3.06 bits per heavy atom. The zero-order valence-electron chi connectivity index (χ0n) is 10.4. The molecular weight excluding hydrogens is 218 g/mol. The predicted octanol–water partition coefficient (Wildman–Crippen LogP) is 1.77. The number of hydrogen-bond donors (Lipinski definition) is 1. The number of nitrogens with zero attached hydrogens (tertiary/aromatic N) is 2. The largest absolute Gasteiger partial charge is 0.467 e. The average Bonchev–Trinajstić information content (AvgIpc) is 2.57. The maximum absolute atomic E-state index is 5.43. The van der Waals surface area contributed by atoms with E-state index in [0.717, 1.165) is 44.0 Å². The smallest absolute Gasteiger partial charge is 0.318 e. The maximum atomic E-state index is 5.43. The van der Waals surface area contributed by atoms with E-state index in [4.69, 9.17) is 9.47 Å². The Labute approximate surface area is 102 Å². The van der Waals surface area contributed by atoms with Crippen molar-refractivity contribution in [1.29, 1.82) is 0 Å². The Morgan fingerprint density at radius 2 is 2.24 bits per heavy atom. The zero-order valence-corrected chi connectivity index (χ0v) is 10.4. The first-order chi connectivity index (χ1) is 8.28. The van der Waals surface area contributed by atoms with Gasteiger partial charge < -0.3 is 14.8 Å². The molecule has 1 aliphatic heterocycles. The number of methoxy groups -OCH3 is 1. The summed E-state index contributed by atoms with van der Waals surface area (Å²) < 4.78 is 10.5. The van der Waals surface area contributed by atoms with Crippen LogP contribution >= 0.6 is 0 Å². The third-order valence-electron chi connectivity index (χ3n) is 2.82. The van der Waals surface area contributed by atoms with Crippen molar-refractivity contribution in [2.24, 2.45) is 0 Å². The standard InChI is InChI=1S/C12H19N3O2/c1-9-8-11(15-12(13-9)16-2)14-10-4-3-6-17-7-5-10/h8,10H,3-7H2,1-2H3,(H,13,14,15). The van der Waals surface area contributed by atoms with Gasteiger partial charge in [0.2, 0.25) is 0 Å². The molecule has 0 aliphatic carbocycles. The second-order valence-corrected chi connectivity index (χ2v) is 4.27. The van der Waals surface area contributed by atoms with Crippen molar-refractivity contribution in [3.63, 3.8) is 0 Å². The van der Waals surface area contributed by atoms with Crippen LogP contribution in [-0.4, -0.2) is 36.3 Å². The van der Waals surface area contributed by atoms with Crippen molar-refractivity contribution < 1.29 is 9.47 Å². The van der Waals surface area contributed by atoms with Gasteiger partial charge in [0.25, 0.3) is 0 Å². The first kappa shape index (κ1) is 12.1. The summed E-state index contributed by atoms with van der Waals surface area (Å²) in [5.41, 5.74) is 0.907. The Kier molecular flexibility index (Phi) is 4.14. The highest BCUT2D eigenvalue weighted by atomic mass is 16.5. The molecule has 0 aromatic carbocycles. The molecule has 1 aromatic heterocycles. The Balaban J connectivity index is 2.03. The summed E-state index contributed by atoms with van der Waals surface area (Å²) in [4.78, 5) is 8.46. The first-order valence-corrected chi connectivity index (χ1v) is 6.02. The van der Waals surface area contributed by atoms with Crippen LogP contribution in [-0.2, 0) is 4.74 Å². The number of rotatable bonds is 3. The summed E-state index contributed by atoms with van der Waals surface area (Å²) in [5.74, 6) is 0.834. The summed E-state index contributed by atoms with van der Waals surface area (Å²) in [6.07, 6.45) is 3.23. The van der Waals surface area contributed by atoms with Gasteiger partial charge in [0, 0.05) is 31.0 Å². The normalized spacial score (nSPS) is 20.7. The molecule has 1 saturated heterocycles. The van der Waals surface area contributed by atoms with Gasteiger partial charge in [-0.05, 0) is 26.2 Å². The van der Waals surface area contributed by atoms with Gasteiger partial charge in [-0.1, -0.05) is 0 Å². The van der Waals surface area contributed by atoms with E-state index in [0.29, 0.717) is 12.1 Å². The third kappa shape index (κ3) is 3.56. The lowest BCUT2D eigenvalue weighted by atomic mass is 10.1. The van der Waals surface area contributed by atoms with Gasteiger partial charge in [-0.3, -0.25) is 0 Å². The molecule has 0 radical (unpaired) electrons. The van der Waals surface area contributed by atoms with E-state index in [-0.39, 0.29) is 0 Å². The summed E-state index contributed by atoms with van der Waals surface area (Å²) in [6.45, 7) is 3.62. The summed E-state index contributed by atoms with van der Waals surface area (Å²) in [6, 6.07) is 2.78. The molecule has 0 spiro atoms. The fraction of sp³-hybridized carbons (Fsp3) is 0.667. The van der Waals surface area contributed by atoms with Crippen molar-refractivity contribution >= 4 is 5.82 Å². The maximum Gasteiger partial charge on any atom is 0.318 e. The van der Waals surface area contributed by atoms with Gasteiger partial charge >= 0.3 is 6.01 Å². The van der Waals surface area contributed by atoms with Gasteiger partial charge in [0.15, 0.2) is 0 Å². The predicted molar refractivity (Wildman–Crippen MR) is 65.4 cm³/mol. The molecule has 1 aromatic rings. The Bertz CT molecular complexity index is 363. The number of ether oxygens (including phenoxy) is 2. The second kappa shape index (κ2) is 5.82. The molecule has 0 saturated carbocycles. The van der Waals surface area contributed by atoms with Gasteiger partial charge in [0.05, 0.1) is 7.11 Å². The SMILES string of the molecule is COc1nc(C)cc(NC2CCCOCC2)n1. The monoisotopic (exact) mass is 237 g/mol. The van der Waals surface area contributed by atoms with Crippen LogP contribution in [0.15, 0.2) is 6.07 Å². The molecular formula is C12H19N3O2. The van der Waals surface area contributed by atoms with Crippen molar-refractivity contribution in [2.75, 3.05) is 25.6 Å². The van der Waals surface area contributed by atoms with Crippen LogP contribution in [0, 0.1) is 6.92 Å². The molecule has 1 atom stereocenters. The second-order valence-electron chi connectivity index (χ2n) is 4.27. The van der Waals surface area contributed by atoms with Crippen molar-refractivity contribution in [2.45, 2.75) is 32.2 Å². The van der Waals surface area contributed by atoms with Crippen molar-refractivity contribution in [3.8, 4) is 6.01 Å². The van der Waals surface area contributed by atoms with E-state index in [9.17, 15) is 0 Å². The first-order valence-electron chi connectivity index (χ1n) is 6.02. The quantitative estimate of drug-likeness (QED) is 0.868.